The van der Waals surface area contributed by atoms with Gasteiger partial charge >= 0.3 is 6.09 Å². The van der Waals surface area contributed by atoms with Gasteiger partial charge in [-0.25, -0.2) is 4.79 Å². The highest BCUT2D eigenvalue weighted by Crippen LogP contribution is 2.12. The van der Waals surface area contributed by atoms with Gasteiger partial charge in [-0.2, -0.15) is 0 Å². The van der Waals surface area contributed by atoms with Crippen LogP contribution in [0.4, 0.5) is 4.79 Å². The Morgan fingerprint density at radius 1 is 1.19 bits per heavy atom. The van der Waals surface area contributed by atoms with Crippen molar-refractivity contribution in [3.63, 3.8) is 0 Å². The lowest BCUT2D eigenvalue weighted by atomic mass is 10.1. The van der Waals surface area contributed by atoms with Crippen LogP contribution in [0.15, 0.2) is 24.3 Å². The van der Waals surface area contributed by atoms with Gasteiger partial charge in [0.2, 0.25) is 5.91 Å². The number of nitrogens with one attached hydrogen (secondary N) is 2. The molecule has 2 N–H and O–H groups in total. The molecule has 1 aromatic carbocycles. The van der Waals surface area contributed by atoms with E-state index >= 15 is 0 Å². The summed E-state index contributed by atoms with van der Waals surface area (Å²) >= 11 is 5.79. The third kappa shape index (κ3) is 7.09. The van der Waals surface area contributed by atoms with E-state index in [4.69, 9.17) is 16.3 Å². The fourth-order valence-corrected chi connectivity index (χ4v) is 3.00. The molecule has 1 heterocycles. The van der Waals surface area contributed by atoms with Gasteiger partial charge in [0.15, 0.2) is 0 Å². The Hall–Kier alpha value is -2.28. The normalized spacial score (nSPS) is 14.5. The van der Waals surface area contributed by atoms with E-state index in [1.54, 1.807) is 36.1 Å². The molecule has 1 aromatic rings. The first-order chi connectivity index (χ1) is 13.0. The molecule has 0 bridgehead atoms. The number of carbonyl (C=O) groups is 3. The number of halogens is 1. The van der Waals surface area contributed by atoms with Crippen molar-refractivity contribution in [2.24, 2.45) is 0 Å². The number of nitrogens with zero attached hydrogens (tertiary/aromatic N) is 1. The highest BCUT2D eigenvalue weighted by atomic mass is 35.5. The Kier molecular flexibility index (Phi) is 8.39. The van der Waals surface area contributed by atoms with Crippen molar-refractivity contribution in [3.05, 3.63) is 34.9 Å². The average Bonchev–Trinajstić information content (AvgIpc) is 2.66. The second-order valence-electron chi connectivity index (χ2n) is 6.39. The largest absolute Gasteiger partial charge is 0.450 e. The molecule has 2 rings (SSSR count). The first-order valence-electron chi connectivity index (χ1n) is 9.24. The first kappa shape index (κ1) is 21.0. The lowest BCUT2D eigenvalue weighted by Gasteiger charge is -2.31. The monoisotopic (exact) mass is 395 g/mol. The zero-order valence-electron chi connectivity index (χ0n) is 15.5. The maximum Gasteiger partial charge on any atom is 0.409 e. The smallest absolute Gasteiger partial charge is 0.409 e. The van der Waals surface area contributed by atoms with Gasteiger partial charge in [0.1, 0.15) is 0 Å². The number of ether oxygens (including phenoxy) is 1. The maximum atomic E-state index is 12.0. The Balaban J connectivity index is 1.59. The maximum absolute atomic E-state index is 12.0. The number of rotatable bonds is 7. The van der Waals surface area contributed by atoms with Crippen LogP contribution in [0, 0.1) is 0 Å². The highest BCUT2D eigenvalue weighted by Gasteiger charge is 2.24. The molecule has 27 heavy (non-hydrogen) atoms. The van der Waals surface area contributed by atoms with Crippen molar-refractivity contribution in [2.45, 2.75) is 38.6 Å². The lowest BCUT2D eigenvalue weighted by molar-refractivity contribution is -0.122. The van der Waals surface area contributed by atoms with Crippen LogP contribution >= 0.6 is 11.6 Å². The molecular formula is C19H26ClN3O4. The van der Waals surface area contributed by atoms with Gasteiger partial charge in [-0.15, -0.1) is 0 Å². The van der Waals surface area contributed by atoms with Crippen LogP contribution in [0.25, 0.3) is 0 Å². The average molecular weight is 396 g/mol. The van der Waals surface area contributed by atoms with Crippen molar-refractivity contribution in [1.29, 1.82) is 0 Å². The number of benzene rings is 1. The van der Waals surface area contributed by atoms with Gasteiger partial charge in [0.05, 0.1) is 6.61 Å². The molecule has 0 aliphatic carbocycles. The number of carbonyl (C=O) groups excluding carboxylic acids is 3. The molecule has 0 saturated carbocycles. The summed E-state index contributed by atoms with van der Waals surface area (Å²) in [6.07, 6.45) is 2.06. The summed E-state index contributed by atoms with van der Waals surface area (Å²) in [5.41, 5.74) is 0.539. The van der Waals surface area contributed by atoms with Crippen molar-refractivity contribution in [2.75, 3.05) is 26.2 Å². The number of likely N-dealkylation sites (tertiary alicyclic amines) is 1. The van der Waals surface area contributed by atoms with Gasteiger partial charge in [-0.05, 0) is 50.5 Å². The molecule has 0 radical (unpaired) electrons. The molecule has 7 nitrogen and oxygen atoms in total. The van der Waals surface area contributed by atoms with Crippen molar-refractivity contribution in [1.82, 2.24) is 15.5 Å². The van der Waals surface area contributed by atoms with E-state index < -0.39 is 0 Å². The van der Waals surface area contributed by atoms with Gasteiger partial charge < -0.3 is 20.3 Å². The van der Waals surface area contributed by atoms with Gasteiger partial charge in [0, 0.05) is 42.7 Å². The van der Waals surface area contributed by atoms with Crippen LogP contribution in [0.5, 0.6) is 0 Å². The number of hydrogen-bond acceptors (Lipinski definition) is 4. The topological polar surface area (TPSA) is 87.7 Å². The third-order valence-corrected chi connectivity index (χ3v) is 4.61. The molecule has 0 aromatic heterocycles. The molecular weight excluding hydrogens is 370 g/mol. The van der Waals surface area contributed by atoms with Crippen LogP contribution in [0.1, 0.15) is 43.0 Å². The van der Waals surface area contributed by atoms with E-state index in [9.17, 15) is 14.4 Å². The Morgan fingerprint density at radius 3 is 2.48 bits per heavy atom. The summed E-state index contributed by atoms with van der Waals surface area (Å²) in [6.45, 7) is 3.74. The number of hydrogen-bond donors (Lipinski definition) is 2. The Labute approximate surface area is 164 Å². The fraction of sp³-hybridized carbons (Fsp3) is 0.526. The molecule has 0 atom stereocenters. The highest BCUT2D eigenvalue weighted by molar-refractivity contribution is 6.30. The van der Waals surface area contributed by atoms with E-state index in [0.29, 0.717) is 49.7 Å². The summed E-state index contributed by atoms with van der Waals surface area (Å²) in [5, 5.41) is 6.36. The lowest BCUT2D eigenvalue weighted by Crippen LogP contribution is -2.46. The molecule has 3 amide bonds. The van der Waals surface area contributed by atoms with E-state index in [2.05, 4.69) is 10.6 Å². The van der Waals surface area contributed by atoms with Crippen LogP contribution in [-0.4, -0.2) is 55.1 Å². The predicted octanol–water partition coefficient (Wildman–Crippen LogP) is 2.59. The zero-order chi connectivity index (χ0) is 19.6. The quantitative estimate of drug-likeness (QED) is 0.694. The predicted molar refractivity (Wildman–Crippen MR) is 103 cm³/mol. The van der Waals surface area contributed by atoms with Crippen molar-refractivity contribution >= 4 is 29.5 Å². The van der Waals surface area contributed by atoms with Crippen molar-refractivity contribution in [3.8, 4) is 0 Å². The second kappa shape index (κ2) is 10.8. The van der Waals surface area contributed by atoms with E-state index in [-0.39, 0.29) is 23.9 Å². The molecule has 148 valence electrons. The van der Waals surface area contributed by atoms with E-state index in [1.165, 1.54) is 0 Å². The third-order valence-electron chi connectivity index (χ3n) is 4.36. The number of piperidine rings is 1. The fourth-order valence-electron chi connectivity index (χ4n) is 2.88. The van der Waals surface area contributed by atoms with Gasteiger partial charge in [-0.1, -0.05) is 11.6 Å². The van der Waals surface area contributed by atoms with Gasteiger partial charge in [0.25, 0.3) is 5.91 Å². The van der Waals surface area contributed by atoms with E-state index in [1.807, 2.05) is 0 Å². The van der Waals surface area contributed by atoms with Crippen LogP contribution in [0.3, 0.4) is 0 Å². The van der Waals surface area contributed by atoms with E-state index in [0.717, 1.165) is 12.8 Å². The van der Waals surface area contributed by atoms with Crippen LogP contribution in [0.2, 0.25) is 5.02 Å². The van der Waals surface area contributed by atoms with Crippen LogP contribution < -0.4 is 10.6 Å². The zero-order valence-corrected chi connectivity index (χ0v) is 16.3. The molecule has 1 aliphatic heterocycles. The minimum Gasteiger partial charge on any atom is -0.450 e. The summed E-state index contributed by atoms with van der Waals surface area (Å²) in [6, 6.07) is 6.72. The standard InChI is InChI=1S/C19H26ClN3O4/c1-2-27-19(26)23-12-9-16(10-13-23)22-17(24)4-3-11-21-18(25)14-5-7-15(20)8-6-14/h5-8,16H,2-4,9-13H2,1H3,(H,21,25)(H,22,24). The summed E-state index contributed by atoms with van der Waals surface area (Å²) in [7, 11) is 0. The first-order valence-corrected chi connectivity index (χ1v) is 9.62. The molecule has 1 aliphatic rings. The van der Waals surface area contributed by atoms with Gasteiger partial charge in [-0.3, -0.25) is 9.59 Å². The Morgan fingerprint density at radius 2 is 1.85 bits per heavy atom. The molecule has 1 saturated heterocycles. The SMILES string of the molecule is CCOC(=O)N1CCC(NC(=O)CCCNC(=O)c2ccc(Cl)cc2)CC1. The number of amides is 3. The molecule has 0 spiro atoms. The summed E-state index contributed by atoms with van der Waals surface area (Å²) in [5.74, 6) is -0.219. The minimum atomic E-state index is -0.293. The molecule has 1 fully saturated rings. The summed E-state index contributed by atoms with van der Waals surface area (Å²) < 4.78 is 4.98. The minimum absolute atomic E-state index is 0.0367. The van der Waals surface area contributed by atoms with Crippen LogP contribution in [-0.2, 0) is 9.53 Å². The molecule has 8 heteroatoms. The van der Waals surface area contributed by atoms with Crippen molar-refractivity contribution < 1.29 is 19.1 Å². The Bertz CT molecular complexity index is 643. The summed E-state index contributed by atoms with van der Waals surface area (Å²) in [4.78, 5) is 37.3. The molecule has 0 unspecified atom stereocenters. The second-order valence-corrected chi connectivity index (χ2v) is 6.83.